The van der Waals surface area contributed by atoms with Gasteiger partial charge in [0.05, 0.1) is 28.6 Å². The minimum atomic E-state index is -0.877. The summed E-state index contributed by atoms with van der Waals surface area (Å²) in [6, 6.07) is 38.4. The summed E-state index contributed by atoms with van der Waals surface area (Å²) in [6.07, 6.45) is 1.97. The lowest BCUT2D eigenvalue weighted by Gasteiger charge is -2.52. The molecule has 1 aliphatic heterocycles. The van der Waals surface area contributed by atoms with Crippen molar-refractivity contribution in [3.63, 3.8) is 0 Å². The maximum absolute atomic E-state index is 14.7. The van der Waals surface area contributed by atoms with E-state index in [-0.39, 0.29) is 17.7 Å². The molecule has 0 radical (unpaired) electrons. The van der Waals surface area contributed by atoms with Gasteiger partial charge in [-0.05, 0) is 68.4 Å². The predicted octanol–water partition coefficient (Wildman–Crippen LogP) is 7.40. The molecule has 2 amide bonds. The van der Waals surface area contributed by atoms with Gasteiger partial charge in [0, 0.05) is 21.1 Å². The zero-order valence-electron chi connectivity index (χ0n) is 21.4. The fraction of sp³-hybridized carbons (Fsp3) is 0.114. The maximum Gasteiger partial charge on any atom is 0.239 e. The lowest BCUT2D eigenvalue weighted by Crippen LogP contribution is -2.54. The highest BCUT2D eigenvalue weighted by Crippen LogP contribution is 2.64. The van der Waals surface area contributed by atoms with Crippen molar-refractivity contribution in [1.82, 2.24) is 0 Å². The number of hydrogen-bond donors (Lipinski definition) is 0. The Hall–Kier alpha value is -4.10. The summed E-state index contributed by atoms with van der Waals surface area (Å²) < 4.78 is 1.03. The van der Waals surface area contributed by atoms with Crippen molar-refractivity contribution < 1.29 is 9.59 Å². The van der Waals surface area contributed by atoms with Gasteiger partial charge in [0.25, 0.3) is 0 Å². The Morgan fingerprint density at radius 3 is 2.08 bits per heavy atom. The SMILES string of the molecule is O=C1[C@H]2C3c4ccccc4C(C=Nc4ccccc4I)(c4ccccc43)[C@H]2C(=O)N1c1cccc2ccccc12. The van der Waals surface area contributed by atoms with E-state index in [2.05, 4.69) is 46.9 Å². The zero-order chi connectivity index (χ0) is 27.0. The van der Waals surface area contributed by atoms with Crippen LogP contribution in [-0.2, 0) is 15.0 Å². The minimum Gasteiger partial charge on any atom is -0.274 e. The average Bonchev–Trinajstić information content (AvgIpc) is 3.27. The summed E-state index contributed by atoms with van der Waals surface area (Å²) in [6.45, 7) is 0. The first-order valence-corrected chi connectivity index (χ1v) is 14.5. The van der Waals surface area contributed by atoms with E-state index in [1.165, 1.54) is 4.90 Å². The molecule has 0 unspecified atom stereocenters. The number of fused-ring (bicyclic) bond motifs is 1. The highest BCUT2D eigenvalue weighted by molar-refractivity contribution is 14.1. The van der Waals surface area contributed by atoms with Crippen molar-refractivity contribution in [3.05, 3.63) is 141 Å². The van der Waals surface area contributed by atoms with Gasteiger partial charge in [-0.25, -0.2) is 4.90 Å². The number of aliphatic imine (C=N–C) groups is 1. The molecule has 0 aromatic heterocycles. The first-order chi connectivity index (χ1) is 19.6. The summed E-state index contributed by atoms with van der Waals surface area (Å²) in [7, 11) is 0. The quantitative estimate of drug-likeness (QED) is 0.119. The molecule has 1 fully saturated rings. The highest BCUT2D eigenvalue weighted by Gasteiger charge is 2.68. The van der Waals surface area contributed by atoms with Gasteiger partial charge in [-0.1, -0.05) is 97.1 Å². The van der Waals surface area contributed by atoms with Crippen LogP contribution in [0.3, 0.4) is 0 Å². The second-order valence-electron chi connectivity index (χ2n) is 10.7. The fourth-order valence-corrected chi connectivity index (χ4v) is 7.94. The second-order valence-corrected chi connectivity index (χ2v) is 11.9. The van der Waals surface area contributed by atoms with Crippen LogP contribution in [0, 0.1) is 15.4 Å². The van der Waals surface area contributed by atoms with Crippen LogP contribution >= 0.6 is 22.6 Å². The number of hydrogen-bond acceptors (Lipinski definition) is 3. The van der Waals surface area contributed by atoms with Crippen LogP contribution in [0.2, 0.25) is 0 Å². The van der Waals surface area contributed by atoms with E-state index < -0.39 is 17.3 Å². The zero-order valence-corrected chi connectivity index (χ0v) is 23.5. The number of imide groups is 1. The van der Waals surface area contributed by atoms with E-state index in [1.807, 2.05) is 97.2 Å². The molecular formula is C35H23IN2O2. The monoisotopic (exact) mass is 630 g/mol. The van der Waals surface area contributed by atoms with Crippen LogP contribution in [0.4, 0.5) is 11.4 Å². The molecule has 5 aromatic carbocycles. The number of rotatable bonds is 3. The summed E-state index contributed by atoms with van der Waals surface area (Å²) >= 11 is 2.30. The van der Waals surface area contributed by atoms with Crippen molar-refractivity contribution >= 4 is 62.8 Å². The first kappa shape index (κ1) is 23.8. The standard InChI is InChI=1S/C35H23IN2O2/c36-27-17-7-8-18-28(27)37-20-35-25-15-5-3-13-23(25)30(24-14-4-6-16-26(24)35)31-32(35)34(40)38(33(31)39)29-19-9-11-21-10-1-2-12-22(21)29/h1-20,30-32H/t30?,31-,32+,35?/m0/s1. The predicted molar refractivity (Wildman–Crippen MR) is 166 cm³/mol. The molecule has 40 heavy (non-hydrogen) atoms. The van der Waals surface area contributed by atoms with Crippen LogP contribution < -0.4 is 4.90 Å². The third kappa shape index (κ3) is 3.04. The number of benzene rings is 5. The number of para-hydroxylation sites is 1. The number of amides is 2. The molecule has 1 heterocycles. The highest BCUT2D eigenvalue weighted by atomic mass is 127. The molecule has 5 heteroatoms. The van der Waals surface area contributed by atoms with E-state index in [1.54, 1.807) is 0 Å². The van der Waals surface area contributed by atoms with Gasteiger partial charge < -0.3 is 0 Å². The van der Waals surface area contributed by atoms with Gasteiger partial charge in [-0.15, -0.1) is 0 Å². The van der Waals surface area contributed by atoms with Crippen molar-refractivity contribution in [1.29, 1.82) is 0 Å². The molecule has 5 aromatic rings. The van der Waals surface area contributed by atoms with Gasteiger partial charge in [-0.2, -0.15) is 0 Å². The Morgan fingerprint density at radius 1 is 0.700 bits per heavy atom. The molecule has 192 valence electrons. The molecule has 3 aliphatic carbocycles. The smallest absolute Gasteiger partial charge is 0.239 e. The number of nitrogens with zero attached hydrogens (tertiary/aromatic N) is 2. The van der Waals surface area contributed by atoms with E-state index in [0.717, 1.165) is 42.3 Å². The van der Waals surface area contributed by atoms with Gasteiger partial charge in [0.1, 0.15) is 0 Å². The molecule has 9 rings (SSSR count). The van der Waals surface area contributed by atoms with E-state index in [0.29, 0.717) is 5.69 Å². The Balaban J connectivity index is 1.41. The third-order valence-electron chi connectivity index (χ3n) is 8.95. The summed E-state index contributed by atoms with van der Waals surface area (Å²) in [5, 5.41) is 1.90. The van der Waals surface area contributed by atoms with Gasteiger partial charge in [0.2, 0.25) is 11.8 Å². The molecule has 1 saturated heterocycles. The lowest BCUT2D eigenvalue weighted by atomic mass is 9.47. The normalized spacial score (nSPS) is 24.4. The average molecular weight is 630 g/mol. The maximum atomic E-state index is 14.7. The van der Waals surface area contributed by atoms with Crippen molar-refractivity contribution in [3.8, 4) is 0 Å². The van der Waals surface area contributed by atoms with Gasteiger partial charge in [-0.3, -0.25) is 14.6 Å². The van der Waals surface area contributed by atoms with Crippen LogP contribution in [0.25, 0.3) is 10.8 Å². The van der Waals surface area contributed by atoms with Crippen LogP contribution in [0.5, 0.6) is 0 Å². The number of halogens is 1. The van der Waals surface area contributed by atoms with Crippen molar-refractivity contribution in [2.75, 3.05) is 4.90 Å². The molecule has 0 spiro atoms. The minimum absolute atomic E-state index is 0.132. The molecule has 2 atom stereocenters. The molecule has 4 nitrogen and oxygen atoms in total. The Morgan fingerprint density at radius 2 is 1.32 bits per heavy atom. The number of anilines is 1. The van der Waals surface area contributed by atoms with Crippen molar-refractivity contribution in [2.45, 2.75) is 11.3 Å². The Kier molecular flexibility index (Phi) is 5.17. The second kappa shape index (κ2) is 8.70. The summed E-state index contributed by atoms with van der Waals surface area (Å²) in [5.41, 5.74) is 4.97. The van der Waals surface area contributed by atoms with E-state index >= 15 is 0 Å². The summed E-state index contributed by atoms with van der Waals surface area (Å²) in [5.74, 6) is -1.60. The van der Waals surface area contributed by atoms with Crippen LogP contribution in [0.1, 0.15) is 28.2 Å². The van der Waals surface area contributed by atoms with Crippen LogP contribution in [0.15, 0.2) is 120 Å². The lowest BCUT2D eigenvalue weighted by molar-refractivity contribution is -0.122. The molecule has 4 aliphatic rings. The number of carbonyl (C=O) groups is 2. The third-order valence-corrected chi connectivity index (χ3v) is 9.86. The molecular weight excluding hydrogens is 607 g/mol. The van der Waals surface area contributed by atoms with Crippen LogP contribution in [-0.4, -0.2) is 18.0 Å². The largest absolute Gasteiger partial charge is 0.274 e. The summed E-state index contributed by atoms with van der Waals surface area (Å²) in [4.78, 5) is 35.8. The van der Waals surface area contributed by atoms with Gasteiger partial charge >= 0.3 is 0 Å². The topological polar surface area (TPSA) is 49.7 Å². The van der Waals surface area contributed by atoms with E-state index in [4.69, 9.17) is 4.99 Å². The van der Waals surface area contributed by atoms with Gasteiger partial charge in [0.15, 0.2) is 0 Å². The van der Waals surface area contributed by atoms with E-state index in [9.17, 15) is 9.59 Å². The molecule has 2 bridgehead atoms. The first-order valence-electron chi connectivity index (χ1n) is 13.5. The Bertz CT molecular complexity index is 1860. The molecule has 0 saturated carbocycles. The fourth-order valence-electron chi connectivity index (χ4n) is 7.42. The Labute approximate surface area is 245 Å². The number of carbonyl (C=O) groups excluding carboxylic acids is 2. The molecule has 0 N–H and O–H groups in total. The van der Waals surface area contributed by atoms with Crippen molar-refractivity contribution in [2.24, 2.45) is 16.8 Å².